The fraction of sp³-hybridized carbons (Fsp3) is 0.712. The van der Waals surface area contributed by atoms with Crippen molar-refractivity contribution < 1.29 is 38.2 Å². The summed E-state index contributed by atoms with van der Waals surface area (Å²) in [5, 5.41) is 9.64. The monoisotopic (exact) mass is 841 g/mol. The molecule has 0 aromatic carbocycles. The number of hydrogen-bond donors (Lipinski definition) is 1. The molecule has 0 radical (unpaired) electrons. The fourth-order valence-corrected chi connectivity index (χ4v) is 6.64. The Morgan fingerprint density at radius 2 is 0.933 bits per heavy atom. The molecule has 0 amide bonds. The van der Waals surface area contributed by atoms with Crippen molar-refractivity contribution in [1.82, 2.24) is 0 Å². The fourth-order valence-electron chi connectivity index (χ4n) is 6.64. The van der Waals surface area contributed by atoms with E-state index in [4.69, 9.17) is 14.2 Å². The molecule has 0 aliphatic rings. The van der Waals surface area contributed by atoms with Gasteiger partial charge < -0.3 is 23.8 Å². The number of carboxylic acid groups (broad SMARTS) is 1. The number of rotatable bonds is 42. The van der Waals surface area contributed by atoms with Gasteiger partial charge in [0, 0.05) is 19.3 Å². The second kappa shape index (κ2) is 42.5. The maximum Gasteiger partial charge on any atom is 0.362 e. The first-order valence-corrected chi connectivity index (χ1v) is 24.0. The predicted octanol–water partition coefficient (Wildman–Crippen LogP) is 13.5. The predicted molar refractivity (Wildman–Crippen MR) is 252 cm³/mol. The number of unbranched alkanes of at least 4 members (excludes halogenated alkanes) is 16. The Kier molecular flexibility index (Phi) is 40.2. The van der Waals surface area contributed by atoms with Crippen LogP contribution in [0.15, 0.2) is 72.9 Å². The number of nitrogens with zero attached hydrogens (tertiary/aromatic N) is 1. The van der Waals surface area contributed by atoms with Crippen LogP contribution in [-0.2, 0) is 28.6 Å². The first-order valence-electron chi connectivity index (χ1n) is 24.0. The van der Waals surface area contributed by atoms with Gasteiger partial charge >= 0.3 is 17.9 Å². The Hall–Kier alpha value is -3.23. The minimum atomic E-state index is -0.882. The maximum atomic E-state index is 12.8. The van der Waals surface area contributed by atoms with Crippen molar-refractivity contribution in [2.24, 2.45) is 0 Å². The van der Waals surface area contributed by atoms with Crippen LogP contribution >= 0.6 is 0 Å². The second-order valence-corrected chi connectivity index (χ2v) is 17.0. The lowest BCUT2D eigenvalue weighted by Gasteiger charge is -2.31. The molecule has 8 nitrogen and oxygen atoms in total. The molecule has 0 aliphatic carbocycles. The van der Waals surface area contributed by atoms with E-state index >= 15 is 0 Å². The molecule has 0 heterocycles. The summed E-state index contributed by atoms with van der Waals surface area (Å²) < 4.78 is 17.3. The highest BCUT2D eigenvalue weighted by molar-refractivity contribution is 5.72. The van der Waals surface area contributed by atoms with Gasteiger partial charge in [-0.25, -0.2) is 4.79 Å². The lowest BCUT2D eigenvalue weighted by Crippen LogP contribution is -2.50. The number of carbonyl (C=O) groups is 3. The summed E-state index contributed by atoms with van der Waals surface area (Å²) in [7, 11) is 5.51. The summed E-state index contributed by atoms with van der Waals surface area (Å²) in [6.45, 7) is 4.58. The molecule has 0 aliphatic heterocycles. The zero-order chi connectivity index (χ0) is 44.2. The SMILES string of the molecule is CC/C=C/C/C=C/C/C=C/C/C=C/C/C=C/CCCCCC(=O)OCC(COCCC(C(=O)O)[N+](C)(C)C)OC(=O)CCCCCCCCC/C=C/CCCCCCCC. The molecule has 0 rings (SSSR count). The van der Waals surface area contributed by atoms with Crippen LogP contribution in [0.5, 0.6) is 0 Å². The average Bonchev–Trinajstić information content (AvgIpc) is 3.21. The molecule has 344 valence electrons. The number of likely N-dealkylation sites (N-methyl/N-ethyl adjacent to an activating group) is 1. The third-order valence-corrected chi connectivity index (χ3v) is 10.3. The molecule has 8 heteroatoms. The summed E-state index contributed by atoms with van der Waals surface area (Å²) in [6.07, 6.45) is 53.7. The highest BCUT2D eigenvalue weighted by Gasteiger charge is 2.31. The van der Waals surface area contributed by atoms with Gasteiger partial charge in [0.25, 0.3) is 0 Å². The van der Waals surface area contributed by atoms with E-state index in [1.54, 1.807) is 0 Å². The van der Waals surface area contributed by atoms with E-state index in [0.29, 0.717) is 19.3 Å². The Bertz CT molecular complexity index is 1210. The molecule has 0 aromatic heterocycles. The number of esters is 2. The maximum absolute atomic E-state index is 12.8. The molecule has 0 saturated heterocycles. The van der Waals surface area contributed by atoms with Gasteiger partial charge in [-0.3, -0.25) is 9.59 Å². The molecule has 0 bridgehead atoms. The standard InChI is InChI=1S/C52H89NO7/c1-6-8-10-12-14-16-18-20-22-24-25-27-28-30-32-34-36-38-40-42-50(54)59-47-48(46-58-45-44-49(52(56)57)53(3,4)5)60-51(55)43-41-39-37-35-33-31-29-26-23-21-19-17-15-13-11-9-7-2/h8,10,14,16,20-23,25,27,30,32,48-49H,6-7,9,11-13,15,17-19,24,26,28-29,31,33-47H2,1-5H3/p+1/b10-8+,16-14+,22-20+,23-21+,27-25+,32-30+. The smallest absolute Gasteiger partial charge is 0.362 e. The third kappa shape index (κ3) is 40.2. The van der Waals surface area contributed by atoms with Crippen LogP contribution in [-0.4, -0.2) is 80.6 Å². The van der Waals surface area contributed by atoms with Crippen molar-refractivity contribution in [2.45, 2.75) is 199 Å². The number of carbonyl (C=O) groups excluding carboxylic acids is 2. The molecule has 60 heavy (non-hydrogen) atoms. The van der Waals surface area contributed by atoms with Crippen LogP contribution in [0.1, 0.15) is 187 Å². The van der Waals surface area contributed by atoms with E-state index in [1.165, 1.54) is 77.0 Å². The molecule has 2 unspecified atom stereocenters. The Morgan fingerprint density at radius 1 is 0.517 bits per heavy atom. The van der Waals surface area contributed by atoms with Crippen LogP contribution < -0.4 is 0 Å². The highest BCUT2D eigenvalue weighted by Crippen LogP contribution is 2.14. The summed E-state index contributed by atoms with van der Waals surface area (Å²) in [4.78, 5) is 37.1. The lowest BCUT2D eigenvalue weighted by molar-refractivity contribution is -0.887. The highest BCUT2D eigenvalue weighted by atomic mass is 16.6. The number of hydrogen-bond acceptors (Lipinski definition) is 6. The van der Waals surface area contributed by atoms with Crippen molar-refractivity contribution in [3.8, 4) is 0 Å². The largest absolute Gasteiger partial charge is 0.477 e. The van der Waals surface area contributed by atoms with Gasteiger partial charge in [0.2, 0.25) is 0 Å². The van der Waals surface area contributed by atoms with Gasteiger partial charge in [-0.1, -0.05) is 157 Å². The summed E-state index contributed by atoms with van der Waals surface area (Å²) in [5.74, 6) is -1.52. The Balaban J connectivity index is 4.38. The van der Waals surface area contributed by atoms with E-state index in [0.717, 1.165) is 77.0 Å². The van der Waals surface area contributed by atoms with Crippen molar-refractivity contribution in [2.75, 3.05) is 41.0 Å². The molecular weight excluding hydrogens is 751 g/mol. The zero-order valence-corrected chi connectivity index (χ0v) is 39.1. The lowest BCUT2D eigenvalue weighted by atomic mass is 10.1. The zero-order valence-electron chi connectivity index (χ0n) is 39.1. The Labute approximate surface area is 368 Å². The van der Waals surface area contributed by atoms with E-state index in [2.05, 4.69) is 86.8 Å². The summed E-state index contributed by atoms with van der Waals surface area (Å²) in [6, 6.07) is -0.624. The van der Waals surface area contributed by atoms with E-state index in [9.17, 15) is 19.5 Å². The van der Waals surface area contributed by atoms with Gasteiger partial charge in [0.15, 0.2) is 12.1 Å². The number of carboxylic acids is 1. The second-order valence-electron chi connectivity index (χ2n) is 17.0. The quantitative estimate of drug-likeness (QED) is 0.0283. The molecule has 2 atom stereocenters. The summed E-state index contributed by atoms with van der Waals surface area (Å²) in [5.41, 5.74) is 0. The van der Waals surface area contributed by atoms with Crippen molar-refractivity contribution in [3.05, 3.63) is 72.9 Å². The van der Waals surface area contributed by atoms with Crippen LogP contribution in [0.3, 0.4) is 0 Å². The molecule has 0 fully saturated rings. The molecule has 0 saturated carbocycles. The first-order chi connectivity index (χ1) is 29.1. The van der Waals surface area contributed by atoms with Crippen LogP contribution in [0, 0.1) is 0 Å². The molecule has 1 N–H and O–H groups in total. The normalized spacial score (nSPS) is 13.6. The number of aliphatic carboxylic acids is 1. The van der Waals surface area contributed by atoms with E-state index in [1.807, 2.05) is 21.1 Å². The first kappa shape index (κ1) is 56.8. The minimum Gasteiger partial charge on any atom is -0.477 e. The summed E-state index contributed by atoms with van der Waals surface area (Å²) >= 11 is 0. The van der Waals surface area contributed by atoms with Crippen LogP contribution in [0.2, 0.25) is 0 Å². The van der Waals surface area contributed by atoms with Gasteiger partial charge in [0.1, 0.15) is 6.61 Å². The third-order valence-electron chi connectivity index (χ3n) is 10.3. The number of quaternary nitrogens is 1. The van der Waals surface area contributed by atoms with E-state index < -0.39 is 18.1 Å². The minimum absolute atomic E-state index is 0.0456. The van der Waals surface area contributed by atoms with Crippen molar-refractivity contribution in [3.63, 3.8) is 0 Å². The number of ether oxygens (including phenoxy) is 3. The van der Waals surface area contributed by atoms with Crippen molar-refractivity contribution >= 4 is 17.9 Å². The van der Waals surface area contributed by atoms with Crippen LogP contribution in [0.4, 0.5) is 0 Å². The van der Waals surface area contributed by atoms with Gasteiger partial charge in [-0.15, -0.1) is 0 Å². The topological polar surface area (TPSA) is 99.1 Å². The molecular formula is C52H90NO7+. The molecule has 0 spiro atoms. The van der Waals surface area contributed by atoms with Gasteiger partial charge in [0.05, 0.1) is 34.4 Å². The molecule has 0 aromatic rings. The van der Waals surface area contributed by atoms with Crippen LogP contribution in [0.25, 0.3) is 0 Å². The van der Waals surface area contributed by atoms with E-state index in [-0.39, 0.29) is 36.2 Å². The Morgan fingerprint density at radius 3 is 1.42 bits per heavy atom. The van der Waals surface area contributed by atoms with Crippen molar-refractivity contribution in [1.29, 1.82) is 0 Å². The van der Waals surface area contributed by atoms with Gasteiger partial charge in [-0.05, 0) is 83.5 Å². The number of allylic oxidation sites excluding steroid dienone is 12. The average molecular weight is 841 g/mol. The van der Waals surface area contributed by atoms with Gasteiger partial charge in [-0.2, -0.15) is 0 Å².